The first-order valence-corrected chi connectivity index (χ1v) is 10.0. The molecule has 1 heterocycles. The summed E-state index contributed by atoms with van der Waals surface area (Å²) >= 11 is 0. The highest BCUT2D eigenvalue weighted by Crippen LogP contribution is 2.46. The van der Waals surface area contributed by atoms with Crippen molar-refractivity contribution in [2.45, 2.75) is 90.4 Å². The van der Waals surface area contributed by atoms with Crippen LogP contribution in [0, 0.1) is 6.92 Å². The minimum Gasteiger partial charge on any atom is -0.487 e. The molecule has 1 aliphatic heterocycles. The van der Waals surface area contributed by atoms with E-state index in [0.29, 0.717) is 12.8 Å². The zero-order valence-corrected chi connectivity index (χ0v) is 18.0. The smallest absolute Gasteiger partial charge is 0.308 e. The number of nitrogens with two attached hydrogens (primary N) is 1. The maximum atomic E-state index is 11.3. The second-order valence-electron chi connectivity index (χ2n) is 8.79. The molecule has 6 heteroatoms. The maximum absolute atomic E-state index is 11.3. The van der Waals surface area contributed by atoms with Gasteiger partial charge in [0.15, 0.2) is 0 Å². The van der Waals surface area contributed by atoms with Gasteiger partial charge in [0.2, 0.25) is 0 Å². The first-order valence-electron chi connectivity index (χ1n) is 10.0. The van der Waals surface area contributed by atoms with Gasteiger partial charge < -0.3 is 25.4 Å². The standard InChI is InChI=1S/C22H35NO5/c1-12(2)19-16(8-7-14(24)9-15(25)10-18(26)27-6)21-17(13(3)20(19)23)11-22(4,5)28-21/h12,14-15,24-25H,7-11,23H2,1-6H3. The van der Waals surface area contributed by atoms with Crippen molar-refractivity contribution in [2.24, 2.45) is 0 Å². The number of esters is 1. The average Bonchev–Trinajstić information content (AvgIpc) is 2.91. The largest absolute Gasteiger partial charge is 0.487 e. The molecule has 0 aliphatic carbocycles. The molecule has 0 aromatic heterocycles. The molecule has 1 aromatic carbocycles. The molecule has 0 saturated heterocycles. The van der Waals surface area contributed by atoms with Crippen molar-refractivity contribution in [3.05, 3.63) is 22.3 Å². The molecule has 0 spiro atoms. The monoisotopic (exact) mass is 393 g/mol. The van der Waals surface area contributed by atoms with Gasteiger partial charge in [-0.1, -0.05) is 13.8 Å². The normalized spacial score (nSPS) is 17.2. The van der Waals surface area contributed by atoms with E-state index in [2.05, 4.69) is 32.4 Å². The molecule has 6 nitrogen and oxygen atoms in total. The predicted octanol–water partition coefficient (Wildman–Crippen LogP) is 3.02. The summed E-state index contributed by atoms with van der Waals surface area (Å²) in [7, 11) is 1.28. The summed E-state index contributed by atoms with van der Waals surface area (Å²) in [5.41, 5.74) is 11.4. The Balaban J connectivity index is 2.22. The maximum Gasteiger partial charge on any atom is 0.308 e. The molecule has 158 valence electrons. The molecule has 2 atom stereocenters. The summed E-state index contributed by atoms with van der Waals surface area (Å²) in [6.45, 7) is 10.4. The van der Waals surface area contributed by atoms with Gasteiger partial charge in [0, 0.05) is 23.2 Å². The fourth-order valence-electron chi connectivity index (χ4n) is 4.09. The van der Waals surface area contributed by atoms with Crippen LogP contribution in [0.15, 0.2) is 0 Å². The van der Waals surface area contributed by atoms with Crippen molar-refractivity contribution in [1.29, 1.82) is 0 Å². The van der Waals surface area contributed by atoms with Crippen molar-refractivity contribution in [2.75, 3.05) is 12.8 Å². The van der Waals surface area contributed by atoms with Crippen molar-refractivity contribution in [1.82, 2.24) is 0 Å². The molecule has 1 aromatic rings. The van der Waals surface area contributed by atoms with Gasteiger partial charge in [-0.2, -0.15) is 0 Å². The summed E-state index contributed by atoms with van der Waals surface area (Å²) in [6.07, 6.45) is 0.226. The highest BCUT2D eigenvalue weighted by atomic mass is 16.5. The van der Waals surface area contributed by atoms with Gasteiger partial charge in [-0.05, 0) is 57.1 Å². The Bertz CT molecular complexity index is 726. The SMILES string of the molecule is COC(=O)CC(O)CC(O)CCc1c2c(c(C)c(N)c1C(C)C)CC(C)(C)O2. The number of hydrogen-bond donors (Lipinski definition) is 3. The van der Waals surface area contributed by atoms with E-state index in [9.17, 15) is 15.0 Å². The van der Waals surface area contributed by atoms with Crippen molar-refractivity contribution >= 4 is 11.7 Å². The number of carbonyl (C=O) groups is 1. The highest BCUT2D eigenvalue weighted by Gasteiger charge is 2.36. The molecule has 0 bridgehead atoms. The van der Waals surface area contributed by atoms with Crippen LogP contribution >= 0.6 is 0 Å². The third-order valence-electron chi connectivity index (χ3n) is 5.48. The third kappa shape index (κ3) is 4.97. The van der Waals surface area contributed by atoms with E-state index in [0.717, 1.165) is 40.1 Å². The van der Waals surface area contributed by atoms with Gasteiger partial charge in [0.25, 0.3) is 0 Å². The predicted molar refractivity (Wildman–Crippen MR) is 110 cm³/mol. The van der Waals surface area contributed by atoms with Crippen LogP contribution in [0.3, 0.4) is 0 Å². The summed E-state index contributed by atoms with van der Waals surface area (Å²) in [5.74, 6) is 0.651. The molecule has 2 unspecified atom stereocenters. The Labute approximate surface area is 168 Å². The lowest BCUT2D eigenvalue weighted by molar-refractivity contribution is -0.143. The summed E-state index contributed by atoms with van der Waals surface area (Å²) < 4.78 is 10.8. The van der Waals surface area contributed by atoms with E-state index < -0.39 is 18.2 Å². The van der Waals surface area contributed by atoms with Crippen LogP contribution in [-0.4, -0.2) is 41.1 Å². The lowest BCUT2D eigenvalue weighted by Crippen LogP contribution is -2.25. The molecule has 0 radical (unpaired) electrons. The molecule has 1 aliphatic rings. The Kier molecular flexibility index (Phi) is 6.99. The lowest BCUT2D eigenvalue weighted by Gasteiger charge is -2.24. The minimum absolute atomic E-state index is 0.116. The van der Waals surface area contributed by atoms with Crippen LogP contribution in [0.25, 0.3) is 0 Å². The average molecular weight is 394 g/mol. The Morgan fingerprint density at radius 3 is 2.50 bits per heavy atom. The lowest BCUT2D eigenvalue weighted by atomic mass is 9.85. The first kappa shape index (κ1) is 22.5. The van der Waals surface area contributed by atoms with Crippen LogP contribution in [0.2, 0.25) is 0 Å². The number of nitrogen functional groups attached to an aromatic ring is 1. The third-order valence-corrected chi connectivity index (χ3v) is 5.48. The minimum atomic E-state index is -0.920. The molecule has 0 amide bonds. The fraction of sp³-hybridized carbons (Fsp3) is 0.682. The Hall–Kier alpha value is -1.79. The summed E-state index contributed by atoms with van der Waals surface area (Å²) in [5, 5.41) is 20.3. The molecule has 0 fully saturated rings. The van der Waals surface area contributed by atoms with E-state index in [1.54, 1.807) is 0 Å². The van der Waals surface area contributed by atoms with Crippen molar-refractivity contribution in [3.63, 3.8) is 0 Å². The van der Waals surface area contributed by atoms with E-state index in [1.165, 1.54) is 7.11 Å². The number of carbonyl (C=O) groups excluding carboxylic acids is 1. The highest BCUT2D eigenvalue weighted by molar-refractivity contribution is 5.69. The van der Waals surface area contributed by atoms with E-state index in [4.69, 9.17) is 10.5 Å². The molecule has 28 heavy (non-hydrogen) atoms. The van der Waals surface area contributed by atoms with Crippen molar-refractivity contribution < 1.29 is 24.5 Å². The van der Waals surface area contributed by atoms with Crippen LogP contribution in [-0.2, 0) is 22.4 Å². The van der Waals surface area contributed by atoms with Gasteiger partial charge in [-0.3, -0.25) is 4.79 Å². The van der Waals surface area contributed by atoms with E-state index in [1.807, 2.05) is 6.92 Å². The molecular weight excluding hydrogens is 358 g/mol. The number of ether oxygens (including phenoxy) is 2. The van der Waals surface area contributed by atoms with Gasteiger partial charge >= 0.3 is 5.97 Å². The molecular formula is C22H35NO5. The number of fused-ring (bicyclic) bond motifs is 1. The topological polar surface area (TPSA) is 102 Å². The van der Waals surface area contributed by atoms with Crippen molar-refractivity contribution in [3.8, 4) is 5.75 Å². The summed E-state index contributed by atoms with van der Waals surface area (Å²) in [6, 6.07) is 0. The Morgan fingerprint density at radius 2 is 1.93 bits per heavy atom. The molecule has 2 rings (SSSR count). The van der Waals surface area contributed by atoms with E-state index >= 15 is 0 Å². The van der Waals surface area contributed by atoms with Crippen LogP contribution < -0.4 is 10.5 Å². The van der Waals surface area contributed by atoms with Gasteiger partial charge in [-0.25, -0.2) is 0 Å². The van der Waals surface area contributed by atoms with Crippen LogP contribution in [0.4, 0.5) is 5.69 Å². The fourth-order valence-corrected chi connectivity index (χ4v) is 4.09. The molecule has 4 N–H and O–H groups in total. The molecule has 0 saturated carbocycles. The second-order valence-corrected chi connectivity index (χ2v) is 8.79. The quantitative estimate of drug-likeness (QED) is 0.463. The van der Waals surface area contributed by atoms with Gasteiger partial charge in [-0.15, -0.1) is 0 Å². The number of aliphatic hydroxyl groups excluding tert-OH is 2. The van der Waals surface area contributed by atoms with Gasteiger partial charge in [0.05, 0.1) is 25.7 Å². The van der Waals surface area contributed by atoms with Gasteiger partial charge in [0.1, 0.15) is 11.4 Å². The zero-order chi connectivity index (χ0) is 21.2. The van der Waals surface area contributed by atoms with Crippen LogP contribution in [0.5, 0.6) is 5.75 Å². The number of benzene rings is 1. The van der Waals surface area contributed by atoms with Crippen LogP contribution in [0.1, 0.15) is 75.1 Å². The second kappa shape index (κ2) is 8.70. The van der Waals surface area contributed by atoms with E-state index in [-0.39, 0.29) is 24.4 Å². The number of rotatable bonds is 8. The first-order chi connectivity index (χ1) is 13.0. The number of aliphatic hydroxyl groups is 2. The Morgan fingerprint density at radius 1 is 1.29 bits per heavy atom. The number of anilines is 1. The summed E-state index contributed by atoms with van der Waals surface area (Å²) in [4.78, 5) is 11.3. The number of hydrogen-bond acceptors (Lipinski definition) is 6. The number of methoxy groups -OCH3 is 1. The zero-order valence-electron chi connectivity index (χ0n) is 18.0.